The number of hydrogen-bond donors (Lipinski definition) is 1. The van der Waals surface area contributed by atoms with Crippen LogP contribution in [0.2, 0.25) is 0 Å². The monoisotopic (exact) mass is 499 g/mol. The van der Waals surface area contributed by atoms with Crippen molar-refractivity contribution in [3.8, 4) is 0 Å². The number of carbonyl (C=O) groups excluding carboxylic acids is 2. The van der Waals surface area contributed by atoms with Crippen LogP contribution in [0, 0.1) is 12.8 Å². The van der Waals surface area contributed by atoms with Crippen LogP contribution in [0.5, 0.6) is 0 Å². The van der Waals surface area contributed by atoms with Crippen molar-refractivity contribution >= 4 is 28.5 Å². The molecular weight excluding hydrogens is 471 g/mol. The summed E-state index contributed by atoms with van der Waals surface area (Å²) in [7, 11) is 0. The van der Waals surface area contributed by atoms with Crippen LogP contribution in [0.3, 0.4) is 0 Å². The Morgan fingerprint density at radius 3 is 2.33 bits per heavy atom. The first-order valence-electron chi connectivity index (χ1n) is 11.6. The first-order valence-corrected chi connectivity index (χ1v) is 11.6. The Balaban J connectivity index is 1.64. The summed E-state index contributed by atoms with van der Waals surface area (Å²) in [6, 6.07) is 12.1. The van der Waals surface area contributed by atoms with Gasteiger partial charge in [0.25, 0.3) is 0 Å². The molecule has 1 aromatic heterocycles. The summed E-state index contributed by atoms with van der Waals surface area (Å²) in [6.45, 7) is 7.35. The molecule has 190 valence electrons. The molecule has 2 heterocycles. The Morgan fingerprint density at radius 1 is 1.00 bits per heavy atom. The Hall–Kier alpha value is -3.62. The Kier molecular flexibility index (Phi) is 6.68. The van der Waals surface area contributed by atoms with Crippen LogP contribution in [-0.2, 0) is 15.7 Å². The fourth-order valence-electron chi connectivity index (χ4n) is 4.49. The van der Waals surface area contributed by atoms with E-state index in [1.54, 1.807) is 33.0 Å². The second-order valence-corrected chi connectivity index (χ2v) is 10.0. The molecule has 2 amide bonds. The number of ether oxygens (including phenoxy) is 1. The molecular formula is C27H28F3N3O3. The first kappa shape index (κ1) is 25.5. The maximum absolute atomic E-state index is 13.5. The SMILES string of the molecule is Cc1nccc2c(NC(=O)[C@H]3CN(C(=O)OC(C)(C)C)C[C@@H]3c3ccc(C(F)(F)F)cc3)cccc12. The van der Waals surface area contributed by atoms with Gasteiger partial charge >= 0.3 is 12.3 Å². The Labute approximate surface area is 207 Å². The molecule has 1 saturated heterocycles. The number of pyridine rings is 1. The van der Waals surface area contributed by atoms with Gasteiger partial charge < -0.3 is 15.0 Å². The van der Waals surface area contributed by atoms with Gasteiger partial charge in [0.05, 0.1) is 11.5 Å². The molecule has 9 heteroatoms. The molecule has 0 aliphatic carbocycles. The molecule has 1 fully saturated rings. The fourth-order valence-corrected chi connectivity index (χ4v) is 4.49. The van der Waals surface area contributed by atoms with Crippen LogP contribution in [0.1, 0.15) is 43.5 Å². The van der Waals surface area contributed by atoms with E-state index in [1.165, 1.54) is 17.0 Å². The second-order valence-electron chi connectivity index (χ2n) is 10.0. The van der Waals surface area contributed by atoms with Gasteiger partial charge in [-0.3, -0.25) is 9.78 Å². The minimum Gasteiger partial charge on any atom is -0.444 e. The quantitative estimate of drug-likeness (QED) is 0.469. The van der Waals surface area contributed by atoms with E-state index in [1.807, 2.05) is 25.1 Å². The van der Waals surface area contributed by atoms with Gasteiger partial charge in [0.2, 0.25) is 5.91 Å². The van der Waals surface area contributed by atoms with Crippen LogP contribution in [0.25, 0.3) is 10.8 Å². The van der Waals surface area contributed by atoms with Crippen LogP contribution in [0.4, 0.5) is 23.7 Å². The maximum Gasteiger partial charge on any atom is 0.416 e. The number of rotatable bonds is 3. The molecule has 1 aliphatic heterocycles. The van der Waals surface area contributed by atoms with E-state index in [2.05, 4.69) is 10.3 Å². The predicted octanol–water partition coefficient (Wildman–Crippen LogP) is 6.15. The van der Waals surface area contributed by atoms with Crippen LogP contribution in [0.15, 0.2) is 54.7 Å². The molecule has 2 aromatic carbocycles. The lowest BCUT2D eigenvalue weighted by atomic mass is 9.87. The summed E-state index contributed by atoms with van der Waals surface area (Å²) in [5.74, 6) is -1.52. The number of likely N-dealkylation sites (tertiary alicyclic amines) is 1. The summed E-state index contributed by atoms with van der Waals surface area (Å²) in [6.07, 6.45) is -3.37. The van der Waals surface area contributed by atoms with Crippen molar-refractivity contribution in [1.82, 2.24) is 9.88 Å². The van der Waals surface area contributed by atoms with E-state index in [9.17, 15) is 22.8 Å². The van der Waals surface area contributed by atoms with Gasteiger partial charge in [-0.05, 0) is 57.5 Å². The van der Waals surface area contributed by atoms with Crippen molar-refractivity contribution in [2.24, 2.45) is 5.92 Å². The van der Waals surface area contributed by atoms with Crippen LogP contribution >= 0.6 is 0 Å². The normalized spacial score (nSPS) is 18.4. The molecule has 0 radical (unpaired) electrons. The molecule has 0 spiro atoms. The standard InChI is InChI=1S/C27H28F3N3O3/c1-16-19-6-5-7-23(20(19)12-13-31-16)32-24(34)22-15-33(25(35)36-26(2,3)4)14-21(22)17-8-10-18(11-9-17)27(28,29)30/h5-13,21-22H,14-15H2,1-4H3,(H,32,34)/t21-,22+/m1/s1. The molecule has 0 saturated carbocycles. The molecule has 1 aliphatic rings. The largest absolute Gasteiger partial charge is 0.444 e. The highest BCUT2D eigenvalue weighted by molar-refractivity contribution is 6.03. The number of halogens is 3. The lowest BCUT2D eigenvalue weighted by Gasteiger charge is -2.24. The van der Waals surface area contributed by atoms with Gasteiger partial charge in [-0.25, -0.2) is 4.79 Å². The number of aryl methyl sites for hydroxylation is 1. The van der Waals surface area contributed by atoms with Crippen molar-refractivity contribution < 1.29 is 27.5 Å². The Morgan fingerprint density at radius 2 is 1.69 bits per heavy atom. The number of amides is 2. The number of benzene rings is 2. The summed E-state index contributed by atoms with van der Waals surface area (Å²) < 4.78 is 44.7. The van der Waals surface area contributed by atoms with Gasteiger partial charge in [0.15, 0.2) is 0 Å². The van der Waals surface area contributed by atoms with Crippen molar-refractivity contribution in [1.29, 1.82) is 0 Å². The zero-order chi connectivity index (χ0) is 26.3. The van der Waals surface area contributed by atoms with Crippen molar-refractivity contribution in [3.05, 3.63) is 71.5 Å². The summed E-state index contributed by atoms with van der Waals surface area (Å²) >= 11 is 0. The van der Waals surface area contributed by atoms with Gasteiger partial charge in [0.1, 0.15) is 5.60 Å². The number of carbonyl (C=O) groups is 2. The average molecular weight is 500 g/mol. The lowest BCUT2D eigenvalue weighted by molar-refractivity contribution is -0.137. The molecule has 2 atom stereocenters. The third-order valence-electron chi connectivity index (χ3n) is 6.24. The number of nitrogens with one attached hydrogen (secondary N) is 1. The van der Waals surface area contributed by atoms with Gasteiger partial charge in [-0.15, -0.1) is 0 Å². The number of fused-ring (bicyclic) bond motifs is 1. The lowest BCUT2D eigenvalue weighted by Crippen LogP contribution is -2.36. The summed E-state index contributed by atoms with van der Waals surface area (Å²) in [5.41, 5.74) is 0.477. The minimum absolute atomic E-state index is 0.0811. The van der Waals surface area contributed by atoms with Crippen molar-refractivity contribution in [2.45, 2.75) is 45.4 Å². The smallest absolute Gasteiger partial charge is 0.416 e. The topological polar surface area (TPSA) is 71.5 Å². The molecule has 36 heavy (non-hydrogen) atoms. The molecule has 4 rings (SSSR count). The van der Waals surface area contributed by atoms with Gasteiger partial charge in [-0.2, -0.15) is 13.2 Å². The molecule has 0 unspecified atom stereocenters. The predicted molar refractivity (Wildman–Crippen MR) is 131 cm³/mol. The zero-order valence-corrected chi connectivity index (χ0v) is 20.5. The van der Waals surface area contributed by atoms with Crippen molar-refractivity contribution in [3.63, 3.8) is 0 Å². The minimum atomic E-state index is -4.46. The van der Waals surface area contributed by atoms with E-state index >= 15 is 0 Å². The highest BCUT2D eigenvalue weighted by atomic mass is 19.4. The highest BCUT2D eigenvalue weighted by Gasteiger charge is 2.42. The van der Waals surface area contributed by atoms with Gasteiger partial charge in [0, 0.05) is 47.4 Å². The summed E-state index contributed by atoms with van der Waals surface area (Å²) in [5, 5.41) is 4.70. The molecule has 3 aromatic rings. The van der Waals surface area contributed by atoms with Crippen LogP contribution in [-0.4, -0.2) is 40.6 Å². The molecule has 0 bridgehead atoms. The van der Waals surface area contributed by atoms with Crippen molar-refractivity contribution in [2.75, 3.05) is 18.4 Å². The van der Waals surface area contributed by atoms with Crippen LogP contribution < -0.4 is 5.32 Å². The number of nitrogens with zero attached hydrogens (tertiary/aromatic N) is 2. The van der Waals surface area contributed by atoms with E-state index in [-0.39, 0.29) is 19.0 Å². The number of aromatic nitrogens is 1. The first-order chi connectivity index (χ1) is 16.8. The third kappa shape index (κ3) is 5.45. The second kappa shape index (κ2) is 9.44. The molecule has 1 N–H and O–H groups in total. The third-order valence-corrected chi connectivity index (χ3v) is 6.24. The summed E-state index contributed by atoms with van der Waals surface area (Å²) in [4.78, 5) is 32.0. The van der Waals surface area contributed by atoms with E-state index in [4.69, 9.17) is 4.74 Å². The number of alkyl halides is 3. The van der Waals surface area contributed by atoms with E-state index in [0.717, 1.165) is 28.6 Å². The zero-order valence-electron chi connectivity index (χ0n) is 20.5. The molecule has 6 nitrogen and oxygen atoms in total. The maximum atomic E-state index is 13.5. The van der Waals surface area contributed by atoms with E-state index < -0.39 is 35.3 Å². The van der Waals surface area contributed by atoms with Gasteiger partial charge in [-0.1, -0.05) is 24.3 Å². The highest BCUT2D eigenvalue weighted by Crippen LogP contribution is 2.37. The number of anilines is 1. The Bertz CT molecular complexity index is 1280. The average Bonchev–Trinajstić information content (AvgIpc) is 3.24. The fraction of sp³-hybridized carbons (Fsp3) is 0.370. The van der Waals surface area contributed by atoms with E-state index in [0.29, 0.717) is 11.3 Å². The number of hydrogen-bond acceptors (Lipinski definition) is 4.